The molecule has 0 heterocycles. The van der Waals surface area contributed by atoms with Gasteiger partial charge in [0.2, 0.25) is 21.8 Å². The lowest BCUT2D eigenvalue weighted by atomic mass is 10.0. The molecule has 0 saturated heterocycles. The van der Waals surface area contributed by atoms with Crippen LogP contribution in [0.1, 0.15) is 23.6 Å². The third-order valence-corrected chi connectivity index (χ3v) is 8.81. The molecule has 0 bridgehead atoms. The molecule has 208 valence electrons. The predicted molar refractivity (Wildman–Crippen MR) is 158 cm³/mol. The van der Waals surface area contributed by atoms with Crippen LogP contribution in [-0.4, -0.2) is 55.6 Å². The van der Waals surface area contributed by atoms with Crippen LogP contribution in [0.15, 0.2) is 102 Å². The second-order valence-electron chi connectivity index (χ2n) is 9.82. The van der Waals surface area contributed by atoms with Crippen molar-refractivity contribution in [1.82, 2.24) is 14.5 Å². The minimum absolute atomic E-state index is 0.108. The molecule has 7 nitrogen and oxygen atoms in total. The zero-order valence-corrected chi connectivity index (χ0v) is 23.9. The topological polar surface area (TPSA) is 86.8 Å². The highest BCUT2D eigenvalue weighted by atomic mass is 32.2. The SMILES string of the molecule is CCNC(=O)[C@@H](Cc1ccccc1)N(Cc1ccccc1C)C(=O)CN(C)S(=O)(=O)c1ccc2ccccc2c1. The van der Waals surface area contributed by atoms with E-state index in [-0.39, 0.29) is 17.3 Å². The minimum atomic E-state index is -3.97. The molecule has 4 aromatic rings. The van der Waals surface area contributed by atoms with E-state index in [9.17, 15) is 18.0 Å². The first-order valence-electron chi connectivity index (χ1n) is 13.3. The highest BCUT2D eigenvalue weighted by molar-refractivity contribution is 7.89. The molecule has 1 atom stereocenters. The largest absolute Gasteiger partial charge is 0.355 e. The molecular weight excluding hydrogens is 522 g/mol. The molecule has 8 heteroatoms. The van der Waals surface area contributed by atoms with E-state index in [1.807, 2.05) is 92.7 Å². The number of rotatable bonds is 11. The lowest BCUT2D eigenvalue weighted by molar-refractivity contribution is -0.141. The number of hydrogen-bond donors (Lipinski definition) is 1. The van der Waals surface area contributed by atoms with E-state index < -0.39 is 28.5 Å². The molecule has 0 fully saturated rings. The number of sulfonamides is 1. The maximum Gasteiger partial charge on any atom is 0.243 e. The van der Waals surface area contributed by atoms with Gasteiger partial charge in [-0.3, -0.25) is 9.59 Å². The molecule has 0 radical (unpaired) electrons. The molecule has 1 N–H and O–H groups in total. The van der Waals surface area contributed by atoms with Gasteiger partial charge in [0, 0.05) is 26.6 Å². The number of likely N-dealkylation sites (N-methyl/N-ethyl adjacent to an activating group) is 2. The molecule has 0 aliphatic rings. The summed E-state index contributed by atoms with van der Waals surface area (Å²) in [5, 5.41) is 4.58. The number of nitrogens with one attached hydrogen (secondary N) is 1. The molecule has 0 aliphatic heterocycles. The van der Waals surface area contributed by atoms with Crippen LogP contribution in [0.2, 0.25) is 0 Å². The number of fused-ring (bicyclic) bond motifs is 1. The van der Waals surface area contributed by atoms with Crippen LogP contribution in [-0.2, 0) is 32.6 Å². The number of hydrogen-bond acceptors (Lipinski definition) is 4. The van der Waals surface area contributed by atoms with E-state index in [2.05, 4.69) is 5.32 Å². The summed E-state index contributed by atoms with van der Waals surface area (Å²) >= 11 is 0. The van der Waals surface area contributed by atoms with Crippen molar-refractivity contribution in [3.63, 3.8) is 0 Å². The summed E-state index contributed by atoms with van der Waals surface area (Å²) < 4.78 is 28.1. The van der Waals surface area contributed by atoms with Crippen LogP contribution in [0.4, 0.5) is 0 Å². The number of aryl methyl sites for hydroxylation is 1. The summed E-state index contributed by atoms with van der Waals surface area (Å²) in [6, 6.07) is 28.8. The molecule has 40 heavy (non-hydrogen) atoms. The van der Waals surface area contributed by atoms with Crippen LogP contribution >= 0.6 is 0 Å². The fourth-order valence-corrected chi connectivity index (χ4v) is 5.85. The highest BCUT2D eigenvalue weighted by Gasteiger charge is 2.33. The van der Waals surface area contributed by atoms with Crippen LogP contribution in [0.3, 0.4) is 0 Å². The number of benzene rings is 4. The maximum absolute atomic E-state index is 13.9. The molecule has 4 rings (SSSR count). The summed E-state index contributed by atoms with van der Waals surface area (Å²) in [5.74, 6) is -0.740. The van der Waals surface area contributed by atoms with Crippen LogP contribution in [0.5, 0.6) is 0 Å². The van der Waals surface area contributed by atoms with Gasteiger partial charge in [0.05, 0.1) is 11.4 Å². The van der Waals surface area contributed by atoms with Crippen molar-refractivity contribution in [1.29, 1.82) is 0 Å². The molecule has 2 amide bonds. The standard InChI is InChI=1S/C32H35N3O4S/c1-4-33-32(37)30(20-25-13-6-5-7-14-25)35(22-28-17-9-8-12-24(28)2)31(36)23-34(3)40(38,39)29-19-18-26-15-10-11-16-27(26)21-29/h5-19,21,30H,4,20,22-23H2,1-3H3,(H,33,37)/t30-/m1/s1. The van der Waals surface area contributed by atoms with Gasteiger partial charge in [-0.15, -0.1) is 0 Å². The Morgan fingerprint density at radius 1 is 0.850 bits per heavy atom. The van der Waals surface area contributed by atoms with Crippen molar-refractivity contribution >= 4 is 32.6 Å². The van der Waals surface area contributed by atoms with E-state index in [0.717, 1.165) is 31.8 Å². The van der Waals surface area contributed by atoms with Crippen molar-refractivity contribution in [2.24, 2.45) is 0 Å². The Kier molecular flexibility index (Phi) is 9.34. The van der Waals surface area contributed by atoms with Crippen molar-refractivity contribution in [3.05, 3.63) is 114 Å². The van der Waals surface area contributed by atoms with Gasteiger partial charge < -0.3 is 10.2 Å². The van der Waals surface area contributed by atoms with Gasteiger partial charge in [0.25, 0.3) is 0 Å². The average molecular weight is 558 g/mol. The van der Waals surface area contributed by atoms with Gasteiger partial charge in [-0.1, -0.05) is 84.9 Å². The second kappa shape index (κ2) is 12.9. The van der Waals surface area contributed by atoms with Crippen molar-refractivity contribution in [3.8, 4) is 0 Å². The van der Waals surface area contributed by atoms with Gasteiger partial charge in [-0.05, 0) is 53.4 Å². The third-order valence-electron chi connectivity index (χ3n) is 7.01. The summed E-state index contributed by atoms with van der Waals surface area (Å²) in [6.07, 6.45) is 0.297. The Morgan fingerprint density at radius 3 is 2.20 bits per heavy atom. The van der Waals surface area contributed by atoms with E-state index >= 15 is 0 Å². The quantitative estimate of drug-likeness (QED) is 0.293. The second-order valence-corrected chi connectivity index (χ2v) is 11.9. The number of carbonyl (C=O) groups excluding carboxylic acids is 2. The lowest BCUT2D eigenvalue weighted by Gasteiger charge is -2.33. The first-order chi connectivity index (χ1) is 19.2. The Bertz CT molecular complexity index is 1590. The van der Waals surface area contributed by atoms with Crippen molar-refractivity contribution in [2.75, 3.05) is 20.1 Å². The Balaban J connectivity index is 1.67. The van der Waals surface area contributed by atoms with E-state index in [4.69, 9.17) is 0 Å². The molecule has 0 saturated carbocycles. The highest BCUT2D eigenvalue weighted by Crippen LogP contribution is 2.22. The smallest absolute Gasteiger partial charge is 0.243 e. The maximum atomic E-state index is 13.9. The number of carbonyl (C=O) groups is 2. The zero-order valence-electron chi connectivity index (χ0n) is 23.1. The lowest BCUT2D eigenvalue weighted by Crippen LogP contribution is -2.53. The molecular formula is C32H35N3O4S. The van der Waals surface area contributed by atoms with Crippen LogP contribution < -0.4 is 5.32 Å². The molecule has 0 spiro atoms. The Morgan fingerprint density at radius 2 is 1.50 bits per heavy atom. The minimum Gasteiger partial charge on any atom is -0.355 e. The summed E-state index contributed by atoms with van der Waals surface area (Å²) in [7, 11) is -2.57. The van der Waals surface area contributed by atoms with E-state index in [1.165, 1.54) is 11.9 Å². The average Bonchev–Trinajstić information content (AvgIpc) is 2.96. The van der Waals surface area contributed by atoms with Gasteiger partial charge in [-0.2, -0.15) is 4.31 Å². The zero-order chi connectivity index (χ0) is 28.7. The Hall–Kier alpha value is -4.01. The molecule has 0 aliphatic carbocycles. The van der Waals surface area contributed by atoms with Gasteiger partial charge in [0.1, 0.15) is 6.04 Å². The molecule has 4 aromatic carbocycles. The van der Waals surface area contributed by atoms with Crippen LogP contribution in [0.25, 0.3) is 10.8 Å². The number of nitrogens with zero attached hydrogens (tertiary/aromatic N) is 2. The molecule has 0 aromatic heterocycles. The molecule has 0 unspecified atom stereocenters. The van der Waals surface area contributed by atoms with Crippen molar-refractivity contribution in [2.45, 2.75) is 37.8 Å². The Labute approximate surface area is 236 Å². The summed E-state index contributed by atoms with van der Waals surface area (Å²) in [4.78, 5) is 28.9. The first-order valence-corrected chi connectivity index (χ1v) is 14.8. The first kappa shape index (κ1) is 29.0. The fraction of sp³-hybridized carbons (Fsp3) is 0.250. The van der Waals surface area contributed by atoms with Gasteiger partial charge >= 0.3 is 0 Å². The predicted octanol–water partition coefficient (Wildman–Crippen LogP) is 4.54. The van der Waals surface area contributed by atoms with E-state index in [1.54, 1.807) is 18.2 Å². The van der Waals surface area contributed by atoms with Gasteiger partial charge in [0.15, 0.2) is 0 Å². The normalized spacial score (nSPS) is 12.3. The van der Waals surface area contributed by atoms with Crippen LogP contribution in [0, 0.1) is 6.92 Å². The summed E-state index contributed by atoms with van der Waals surface area (Å²) in [6.45, 7) is 3.95. The van der Waals surface area contributed by atoms with E-state index in [0.29, 0.717) is 13.0 Å². The fourth-order valence-electron chi connectivity index (χ4n) is 4.69. The number of amides is 2. The van der Waals surface area contributed by atoms with Gasteiger partial charge in [-0.25, -0.2) is 8.42 Å². The monoisotopic (exact) mass is 557 g/mol. The van der Waals surface area contributed by atoms with Crippen molar-refractivity contribution < 1.29 is 18.0 Å². The third kappa shape index (κ3) is 6.76. The summed E-state index contributed by atoms with van der Waals surface area (Å²) in [5.41, 5.74) is 2.77.